The van der Waals surface area contributed by atoms with Crippen molar-refractivity contribution in [1.82, 2.24) is 18.3 Å². The SMILES string of the molecule is Cc1cccc2c1c1ccccc1n2-c1cc(-c2cccc(C#N)c2)cc(C#N)c1-n1c2ccccc2c2c(C)cccc21.Cc1cccc2c1c1ccccc1n2-c1cc(-c2cccc(C#N)c2)cc(C(F)(F)F)c1-n1c2ccccc2c2c(C)cccc21. The molecule has 4 aromatic heterocycles. The molecule has 0 spiro atoms. The number of fused-ring (bicyclic) bond motifs is 12. The molecule has 16 rings (SSSR count). The van der Waals surface area contributed by atoms with Crippen LogP contribution in [0.15, 0.2) is 243 Å². The second kappa shape index (κ2) is 21.2. The van der Waals surface area contributed by atoms with Gasteiger partial charge in [0.15, 0.2) is 0 Å². The van der Waals surface area contributed by atoms with Crippen LogP contribution >= 0.6 is 0 Å². The van der Waals surface area contributed by atoms with Crippen LogP contribution in [-0.4, -0.2) is 18.3 Å². The van der Waals surface area contributed by atoms with Crippen LogP contribution in [0.4, 0.5) is 13.2 Å². The Labute approximate surface area is 516 Å². The lowest BCUT2D eigenvalue weighted by Crippen LogP contribution is -2.15. The Kier molecular flexibility index (Phi) is 12.9. The van der Waals surface area contributed by atoms with E-state index in [0.29, 0.717) is 44.5 Å². The van der Waals surface area contributed by atoms with Crippen molar-refractivity contribution in [3.05, 3.63) is 287 Å². The van der Waals surface area contributed by atoms with Crippen molar-refractivity contribution in [3.8, 4) is 63.2 Å². The minimum Gasteiger partial charge on any atom is -0.307 e. The van der Waals surface area contributed by atoms with E-state index in [4.69, 9.17) is 0 Å². The fraction of sp³-hybridized carbons (Fsp3) is 0.0625. The van der Waals surface area contributed by atoms with Gasteiger partial charge < -0.3 is 18.3 Å². The molecule has 0 N–H and O–H groups in total. The maximum absolute atomic E-state index is 15.6. The second-order valence-electron chi connectivity index (χ2n) is 23.1. The first-order valence-electron chi connectivity index (χ1n) is 29.7. The number of aromatic nitrogens is 4. The van der Waals surface area contributed by atoms with Gasteiger partial charge in [-0.1, -0.05) is 146 Å². The number of nitriles is 3. The zero-order valence-corrected chi connectivity index (χ0v) is 49.4. The Morgan fingerprint density at radius 3 is 1.00 bits per heavy atom. The van der Waals surface area contributed by atoms with Crippen LogP contribution in [0.3, 0.4) is 0 Å². The Bertz CT molecular complexity index is 5830. The Morgan fingerprint density at radius 2 is 0.622 bits per heavy atom. The van der Waals surface area contributed by atoms with Crippen LogP contribution in [0.1, 0.15) is 44.5 Å². The first-order chi connectivity index (χ1) is 43.8. The van der Waals surface area contributed by atoms with Crippen molar-refractivity contribution < 1.29 is 13.2 Å². The third kappa shape index (κ3) is 8.55. The molecule has 0 fully saturated rings. The molecule has 0 saturated heterocycles. The molecule has 12 aromatic carbocycles. The van der Waals surface area contributed by atoms with Crippen LogP contribution < -0.4 is 0 Å². The van der Waals surface area contributed by atoms with Crippen molar-refractivity contribution in [2.45, 2.75) is 33.9 Å². The maximum Gasteiger partial charge on any atom is 0.418 e. The van der Waals surface area contributed by atoms with Crippen LogP contribution in [0.25, 0.3) is 132 Å². The van der Waals surface area contributed by atoms with E-state index in [1.807, 2.05) is 134 Å². The molecule has 10 heteroatoms. The van der Waals surface area contributed by atoms with Crippen molar-refractivity contribution in [1.29, 1.82) is 15.8 Å². The monoisotopic (exact) mass is 1170 g/mol. The molecular formula is C80H52F3N7. The third-order valence-corrected chi connectivity index (χ3v) is 17.8. The van der Waals surface area contributed by atoms with Gasteiger partial charge >= 0.3 is 6.18 Å². The van der Waals surface area contributed by atoms with Gasteiger partial charge in [0, 0.05) is 43.1 Å². The van der Waals surface area contributed by atoms with Crippen LogP contribution in [0, 0.1) is 61.7 Å². The van der Waals surface area contributed by atoms with Crippen molar-refractivity contribution in [2.24, 2.45) is 0 Å². The third-order valence-electron chi connectivity index (χ3n) is 17.8. The molecule has 0 amide bonds. The number of aryl methyl sites for hydroxylation is 4. The number of alkyl halides is 3. The summed E-state index contributed by atoms with van der Waals surface area (Å²) in [5.74, 6) is 0. The van der Waals surface area contributed by atoms with Crippen LogP contribution in [0.2, 0.25) is 0 Å². The Morgan fingerprint density at radius 1 is 0.300 bits per heavy atom. The van der Waals surface area contributed by atoms with Crippen molar-refractivity contribution in [3.63, 3.8) is 0 Å². The van der Waals surface area contributed by atoms with Crippen LogP contribution in [0.5, 0.6) is 0 Å². The zero-order chi connectivity index (χ0) is 61.7. The van der Waals surface area contributed by atoms with Crippen LogP contribution in [-0.2, 0) is 6.18 Å². The Hall–Kier alpha value is -11.9. The molecular weight excluding hydrogens is 1120 g/mol. The molecule has 0 unspecified atom stereocenters. The van der Waals surface area contributed by atoms with E-state index in [9.17, 15) is 15.8 Å². The first kappa shape index (κ1) is 54.7. The minimum absolute atomic E-state index is 0.0497. The van der Waals surface area contributed by atoms with Gasteiger partial charge in [-0.2, -0.15) is 29.0 Å². The summed E-state index contributed by atoms with van der Waals surface area (Å²) in [7, 11) is 0. The lowest BCUT2D eigenvalue weighted by molar-refractivity contribution is -0.137. The summed E-state index contributed by atoms with van der Waals surface area (Å²) in [5.41, 5.74) is 17.3. The average Bonchev–Trinajstić information content (AvgIpc) is 1.54. The molecule has 0 aliphatic heterocycles. The highest BCUT2D eigenvalue weighted by atomic mass is 19.4. The minimum atomic E-state index is -4.71. The first-order valence-corrected chi connectivity index (χ1v) is 29.7. The number of halogens is 3. The number of hydrogen-bond donors (Lipinski definition) is 0. The van der Waals surface area contributed by atoms with E-state index in [1.165, 1.54) is 33.4 Å². The van der Waals surface area contributed by atoms with E-state index < -0.39 is 11.7 Å². The zero-order valence-electron chi connectivity index (χ0n) is 49.4. The molecule has 0 aliphatic carbocycles. The van der Waals surface area contributed by atoms with Gasteiger partial charge in [0.2, 0.25) is 0 Å². The Balaban J connectivity index is 0.000000150. The highest BCUT2D eigenvalue weighted by Crippen LogP contribution is 2.48. The van der Waals surface area contributed by atoms with Gasteiger partial charge in [-0.05, 0) is 169 Å². The van der Waals surface area contributed by atoms with Gasteiger partial charge in [0.05, 0.1) is 101 Å². The van der Waals surface area contributed by atoms with Gasteiger partial charge in [-0.25, -0.2) is 0 Å². The largest absolute Gasteiger partial charge is 0.418 e. The highest BCUT2D eigenvalue weighted by Gasteiger charge is 2.38. The van der Waals surface area contributed by atoms with Gasteiger partial charge in [0.1, 0.15) is 6.07 Å². The number of nitrogens with zero attached hydrogens (tertiary/aromatic N) is 7. The number of rotatable bonds is 6. The van der Waals surface area contributed by atoms with E-state index in [2.05, 4.69) is 132 Å². The summed E-state index contributed by atoms with van der Waals surface area (Å²) in [6, 6.07) is 85.5. The van der Waals surface area contributed by atoms with Gasteiger partial charge in [0.25, 0.3) is 0 Å². The second-order valence-corrected chi connectivity index (χ2v) is 23.1. The van der Waals surface area contributed by atoms with E-state index >= 15 is 13.2 Å². The maximum atomic E-state index is 15.6. The molecule has 90 heavy (non-hydrogen) atoms. The fourth-order valence-corrected chi connectivity index (χ4v) is 14.0. The summed E-state index contributed by atoms with van der Waals surface area (Å²) in [6.45, 7) is 8.32. The summed E-state index contributed by atoms with van der Waals surface area (Å²) < 4.78 is 55.1. The lowest BCUT2D eigenvalue weighted by atomic mass is 9.98. The van der Waals surface area contributed by atoms with E-state index in [0.717, 1.165) is 93.7 Å². The average molecular weight is 1170 g/mol. The van der Waals surface area contributed by atoms with Gasteiger partial charge in [-0.15, -0.1) is 0 Å². The molecule has 0 atom stereocenters. The lowest BCUT2D eigenvalue weighted by Gasteiger charge is -2.23. The predicted molar refractivity (Wildman–Crippen MR) is 359 cm³/mol. The summed E-state index contributed by atoms with van der Waals surface area (Å²) in [5, 5.41) is 38.6. The standard InChI is InChI=1S/C40H26F3N3.C40H26N4/c1-24-10-7-18-34-37(24)29-14-3-5-16-32(29)45(34)36-22-28(27-13-9-12-26(20-27)23-44)21-31(40(41,42)43)39(36)46-33-17-6-4-15-30(33)38-25(2)11-8-19-35(38)46;1-25-10-7-18-35-38(25)31-14-3-5-16-33(31)43(35)37-22-29(28-13-9-12-27(20-28)23-41)21-30(24-42)40(37)44-34-17-6-4-15-32(34)39-26(2)11-8-19-36(39)44/h3-22H,1-2H3;3-22H,1-2H3. The summed E-state index contributed by atoms with van der Waals surface area (Å²) in [4.78, 5) is 0. The van der Waals surface area contributed by atoms with E-state index in [1.54, 1.807) is 34.9 Å². The molecule has 7 nitrogen and oxygen atoms in total. The van der Waals surface area contributed by atoms with Crippen molar-refractivity contribution in [2.75, 3.05) is 0 Å². The molecule has 0 aliphatic rings. The predicted octanol–water partition coefficient (Wildman–Crippen LogP) is 21.0. The molecule has 0 bridgehead atoms. The number of hydrogen-bond acceptors (Lipinski definition) is 3. The van der Waals surface area contributed by atoms with E-state index in [-0.39, 0.29) is 5.69 Å². The smallest absolute Gasteiger partial charge is 0.307 e. The van der Waals surface area contributed by atoms with Crippen molar-refractivity contribution >= 4 is 87.2 Å². The topological polar surface area (TPSA) is 91.1 Å². The summed E-state index contributed by atoms with van der Waals surface area (Å²) in [6.07, 6.45) is -4.71. The molecule has 16 aromatic rings. The fourth-order valence-electron chi connectivity index (χ4n) is 14.0. The quantitative estimate of drug-likeness (QED) is 0.166. The highest BCUT2D eigenvalue weighted by molar-refractivity contribution is 6.15. The molecule has 0 saturated carbocycles. The molecule has 428 valence electrons. The molecule has 4 heterocycles. The number of para-hydroxylation sites is 4. The normalized spacial score (nSPS) is 11.7. The molecule has 0 radical (unpaired) electrons. The summed E-state index contributed by atoms with van der Waals surface area (Å²) >= 11 is 0. The van der Waals surface area contributed by atoms with Gasteiger partial charge in [-0.3, -0.25) is 0 Å². The number of benzene rings is 12.